The highest BCUT2D eigenvalue weighted by Gasteiger charge is 2.42. The lowest BCUT2D eigenvalue weighted by Gasteiger charge is -2.29. The van der Waals surface area contributed by atoms with E-state index in [1.807, 2.05) is 12.1 Å². The first kappa shape index (κ1) is 18.3. The van der Waals surface area contributed by atoms with Gasteiger partial charge in [-0.15, -0.1) is 0 Å². The minimum atomic E-state index is -4.45. The number of methoxy groups -OCH3 is 1. The van der Waals surface area contributed by atoms with Crippen molar-refractivity contribution in [2.45, 2.75) is 24.4 Å². The van der Waals surface area contributed by atoms with E-state index in [1.54, 1.807) is 12.1 Å². The van der Waals surface area contributed by atoms with Crippen LogP contribution in [0.1, 0.15) is 45.4 Å². The number of benzene rings is 2. The van der Waals surface area contributed by atoms with Crippen LogP contribution in [-0.2, 0) is 15.7 Å². The van der Waals surface area contributed by atoms with Crippen molar-refractivity contribution in [2.24, 2.45) is 0 Å². The van der Waals surface area contributed by atoms with E-state index >= 15 is 0 Å². The number of Topliss-reactive ketones (excluding diaryl/α,β-unsaturated/α-hetero) is 1. The number of para-hydroxylation sites is 1. The Labute approximate surface area is 158 Å². The number of aromatic amines is 1. The number of ketones is 1. The van der Waals surface area contributed by atoms with Crippen LogP contribution >= 0.6 is 0 Å². The molecule has 2 unspecified atom stereocenters. The maximum absolute atomic E-state index is 12.9. The van der Waals surface area contributed by atoms with Gasteiger partial charge in [-0.25, -0.2) is 0 Å². The van der Waals surface area contributed by atoms with Gasteiger partial charge >= 0.3 is 12.1 Å². The van der Waals surface area contributed by atoms with Crippen LogP contribution in [0.25, 0.3) is 10.9 Å². The summed E-state index contributed by atoms with van der Waals surface area (Å²) >= 11 is 0. The fourth-order valence-electron chi connectivity index (χ4n) is 3.96. The molecule has 0 saturated carbocycles. The molecular formula is C21H16F3NO3. The van der Waals surface area contributed by atoms with Crippen LogP contribution in [0.5, 0.6) is 0 Å². The van der Waals surface area contributed by atoms with Crippen LogP contribution in [0.3, 0.4) is 0 Å². The second-order valence-corrected chi connectivity index (χ2v) is 6.81. The molecule has 0 aliphatic heterocycles. The van der Waals surface area contributed by atoms with E-state index in [2.05, 4.69) is 4.98 Å². The zero-order valence-electron chi connectivity index (χ0n) is 14.8. The molecule has 1 heterocycles. The molecule has 3 aromatic rings. The Kier molecular flexibility index (Phi) is 4.25. The van der Waals surface area contributed by atoms with Crippen molar-refractivity contribution in [2.75, 3.05) is 7.11 Å². The van der Waals surface area contributed by atoms with Gasteiger partial charge in [0.15, 0.2) is 5.78 Å². The van der Waals surface area contributed by atoms with Gasteiger partial charge < -0.3 is 9.72 Å². The van der Waals surface area contributed by atoms with Crippen LogP contribution in [0.15, 0.2) is 48.5 Å². The highest BCUT2D eigenvalue weighted by Crippen LogP contribution is 2.45. The summed E-state index contributed by atoms with van der Waals surface area (Å²) in [7, 11) is 1.25. The first-order valence-corrected chi connectivity index (χ1v) is 8.70. The number of hydrogen-bond donors (Lipinski definition) is 1. The molecule has 2 aromatic carbocycles. The van der Waals surface area contributed by atoms with Crippen LogP contribution in [0, 0.1) is 0 Å². The number of esters is 1. The summed E-state index contributed by atoms with van der Waals surface area (Å²) in [4.78, 5) is 28.6. The molecular weight excluding hydrogens is 371 g/mol. The molecule has 1 aromatic heterocycles. The predicted octanol–water partition coefficient (Wildman–Crippen LogP) is 4.81. The van der Waals surface area contributed by atoms with Crippen molar-refractivity contribution in [3.8, 4) is 0 Å². The average molecular weight is 387 g/mol. The monoisotopic (exact) mass is 387 g/mol. The van der Waals surface area contributed by atoms with E-state index in [-0.39, 0.29) is 12.2 Å². The minimum Gasteiger partial charge on any atom is -0.468 e. The molecule has 4 rings (SSSR count). The summed E-state index contributed by atoms with van der Waals surface area (Å²) < 4.78 is 43.6. The van der Waals surface area contributed by atoms with Gasteiger partial charge in [0.05, 0.1) is 12.7 Å². The molecule has 7 heteroatoms. The Balaban J connectivity index is 1.84. The van der Waals surface area contributed by atoms with E-state index in [1.165, 1.54) is 19.2 Å². The number of nitrogens with one attached hydrogen (secondary N) is 1. The number of H-pyrrole nitrogens is 1. The lowest BCUT2D eigenvalue weighted by Crippen LogP contribution is -2.30. The molecule has 1 N–H and O–H groups in total. The van der Waals surface area contributed by atoms with Crippen molar-refractivity contribution >= 4 is 22.7 Å². The van der Waals surface area contributed by atoms with Gasteiger partial charge in [0.25, 0.3) is 0 Å². The van der Waals surface area contributed by atoms with Crippen molar-refractivity contribution in [1.82, 2.24) is 4.98 Å². The molecule has 0 saturated heterocycles. The van der Waals surface area contributed by atoms with Crippen molar-refractivity contribution in [3.63, 3.8) is 0 Å². The van der Waals surface area contributed by atoms with Crippen molar-refractivity contribution in [3.05, 3.63) is 70.9 Å². The smallest absolute Gasteiger partial charge is 0.416 e. The second kappa shape index (κ2) is 6.51. The van der Waals surface area contributed by atoms with E-state index in [9.17, 15) is 22.8 Å². The van der Waals surface area contributed by atoms with E-state index < -0.39 is 29.5 Å². The molecule has 28 heavy (non-hydrogen) atoms. The number of carbonyl (C=O) groups is 2. The third kappa shape index (κ3) is 2.87. The number of alkyl halides is 3. The summed E-state index contributed by atoms with van der Waals surface area (Å²) in [6.07, 6.45) is -4.44. The number of hydrogen-bond acceptors (Lipinski definition) is 3. The van der Waals surface area contributed by atoms with Gasteiger partial charge in [-0.2, -0.15) is 13.2 Å². The van der Waals surface area contributed by atoms with Gasteiger partial charge in [-0.1, -0.05) is 30.3 Å². The van der Waals surface area contributed by atoms with Crippen LogP contribution in [-0.4, -0.2) is 23.8 Å². The number of ether oxygens (including phenoxy) is 1. The van der Waals surface area contributed by atoms with Gasteiger partial charge in [-0.05, 0) is 23.8 Å². The molecule has 0 radical (unpaired) electrons. The molecule has 144 valence electrons. The van der Waals surface area contributed by atoms with Crippen LogP contribution < -0.4 is 0 Å². The van der Waals surface area contributed by atoms with E-state index in [4.69, 9.17) is 4.74 Å². The van der Waals surface area contributed by atoms with E-state index in [0.717, 1.165) is 23.0 Å². The number of carbonyl (C=O) groups excluding carboxylic acids is 2. The fourth-order valence-corrected chi connectivity index (χ4v) is 3.96. The lowest BCUT2D eigenvalue weighted by atomic mass is 9.74. The highest BCUT2D eigenvalue weighted by molar-refractivity contribution is 6.12. The number of aromatic nitrogens is 1. The molecule has 4 nitrogen and oxygen atoms in total. The molecule has 0 fully saturated rings. The molecule has 0 amide bonds. The van der Waals surface area contributed by atoms with Gasteiger partial charge in [0.2, 0.25) is 0 Å². The van der Waals surface area contributed by atoms with Gasteiger partial charge in [-0.3, -0.25) is 9.59 Å². The molecule has 0 bridgehead atoms. The fraction of sp³-hybridized carbons (Fsp3) is 0.238. The largest absolute Gasteiger partial charge is 0.468 e. The standard InChI is InChI=1S/C21H16F3NO3/c1-28-20(27)18-14(11-6-8-12(9-7-11)21(22,23)24)10-16(26)17-13-4-2-3-5-15(13)25-19(17)18/h2-9,14,18,25H,10H2,1H3. The molecule has 2 atom stereocenters. The summed E-state index contributed by atoms with van der Waals surface area (Å²) in [5.41, 5.74) is 1.34. The van der Waals surface area contributed by atoms with Crippen LogP contribution in [0.4, 0.5) is 13.2 Å². The van der Waals surface area contributed by atoms with Crippen LogP contribution in [0.2, 0.25) is 0 Å². The maximum atomic E-state index is 12.9. The quantitative estimate of drug-likeness (QED) is 0.642. The molecule has 1 aliphatic carbocycles. The lowest BCUT2D eigenvalue weighted by molar-refractivity contribution is -0.143. The Morgan fingerprint density at radius 2 is 1.79 bits per heavy atom. The third-order valence-electron chi connectivity index (χ3n) is 5.25. The minimum absolute atomic E-state index is 0.0139. The predicted molar refractivity (Wildman–Crippen MR) is 96.2 cm³/mol. The summed E-state index contributed by atoms with van der Waals surface area (Å²) in [5, 5.41) is 0.724. The SMILES string of the molecule is COC(=O)C1c2[nH]c3ccccc3c2C(=O)CC1c1ccc(C(F)(F)F)cc1. The summed E-state index contributed by atoms with van der Waals surface area (Å²) in [6.45, 7) is 0. The first-order valence-electron chi connectivity index (χ1n) is 8.70. The average Bonchev–Trinajstić information content (AvgIpc) is 3.06. The van der Waals surface area contributed by atoms with E-state index in [0.29, 0.717) is 16.8 Å². The van der Waals surface area contributed by atoms with Crippen molar-refractivity contribution < 1.29 is 27.5 Å². The Bertz CT molecular complexity index is 1070. The normalized spacial score (nSPS) is 19.5. The molecule has 0 spiro atoms. The summed E-state index contributed by atoms with van der Waals surface area (Å²) in [5.74, 6) is -2.10. The Morgan fingerprint density at radius 3 is 2.43 bits per heavy atom. The Hall–Kier alpha value is -3.09. The highest BCUT2D eigenvalue weighted by atomic mass is 19.4. The number of rotatable bonds is 2. The summed E-state index contributed by atoms with van der Waals surface area (Å²) in [6, 6.07) is 11.8. The Morgan fingerprint density at radius 1 is 1.11 bits per heavy atom. The zero-order chi connectivity index (χ0) is 20.1. The zero-order valence-corrected chi connectivity index (χ0v) is 14.8. The van der Waals surface area contributed by atoms with Gasteiger partial charge in [0, 0.05) is 34.5 Å². The number of halogens is 3. The molecule has 1 aliphatic rings. The number of fused-ring (bicyclic) bond motifs is 3. The third-order valence-corrected chi connectivity index (χ3v) is 5.25. The second-order valence-electron chi connectivity index (χ2n) is 6.81. The maximum Gasteiger partial charge on any atom is 0.416 e. The van der Waals surface area contributed by atoms with Gasteiger partial charge in [0.1, 0.15) is 5.92 Å². The van der Waals surface area contributed by atoms with Crippen molar-refractivity contribution in [1.29, 1.82) is 0 Å². The first-order chi connectivity index (χ1) is 13.3. The topological polar surface area (TPSA) is 59.2 Å².